The molecule has 1 atom stereocenters. The fourth-order valence-electron chi connectivity index (χ4n) is 3.12. The molecule has 5 nitrogen and oxygen atoms in total. The summed E-state index contributed by atoms with van der Waals surface area (Å²) in [5.74, 6) is 1.17. The Morgan fingerprint density at radius 3 is 2.76 bits per heavy atom. The minimum Gasteiger partial charge on any atom is -0.494 e. The Balaban J connectivity index is 1.82. The summed E-state index contributed by atoms with van der Waals surface area (Å²) in [6.07, 6.45) is 3.49. The van der Waals surface area contributed by atoms with Crippen LogP contribution in [0.2, 0.25) is 0 Å². The third-order valence-electron chi connectivity index (χ3n) is 4.52. The van der Waals surface area contributed by atoms with Gasteiger partial charge in [-0.25, -0.2) is 8.42 Å². The molecule has 0 N–H and O–H groups in total. The van der Waals surface area contributed by atoms with Crippen molar-refractivity contribution in [3.63, 3.8) is 0 Å². The highest BCUT2D eigenvalue weighted by atomic mass is 32.2. The van der Waals surface area contributed by atoms with Crippen LogP contribution in [0.4, 0.5) is 0 Å². The number of sulfone groups is 1. The van der Waals surface area contributed by atoms with Crippen molar-refractivity contribution in [1.82, 2.24) is 4.90 Å². The first-order chi connectivity index (χ1) is 11.9. The molecule has 0 spiro atoms. The smallest absolute Gasteiger partial charge is 0.222 e. The van der Waals surface area contributed by atoms with Gasteiger partial charge in [0.15, 0.2) is 9.84 Å². The van der Waals surface area contributed by atoms with Gasteiger partial charge >= 0.3 is 0 Å². The lowest BCUT2D eigenvalue weighted by molar-refractivity contribution is -0.133. The maximum atomic E-state index is 12.6. The van der Waals surface area contributed by atoms with E-state index in [1.165, 1.54) is 0 Å². The Morgan fingerprint density at radius 1 is 1.32 bits per heavy atom. The minimum atomic E-state index is -2.98. The summed E-state index contributed by atoms with van der Waals surface area (Å²) in [4.78, 5) is 14.4. The van der Waals surface area contributed by atoms with Crippen molar-refractivity contribution in [2.24, 2.45) is 0 Å². The predicted octanol–water partition coefficient (Wildman–Crippen LogP) is 2.97. The van der Waals surface area contributed by atoms with Crippen molar-refractivity contribution in [1.29, 1.82) is 0 Å². The number of benzene rings is 1. The first-order valence-corrected chi connectivity index (χ1v) is 10.9. The van der Waals surface area contributed by atoms with E-state index in [2.05, 4.69) is 6.92 Å². The molecule has 0 radical (unpaired) electrons. The van der Waals surface area contributed by atoms with Crippen LogP contribution in [0.3, 0.4) is 0 Å². The average Bonchev–Trinajstić information content (AvgIpc) is 2.92. The molecule has 6 heteroatoms. The van der Waals surface area contributed by atoms with Crippen molar-refractivity contribution in [2.45, 2.75) is 52.0 Å². The van der Waals surface area contributed by atoms with Crippen LogP contribution in [0.25, 0.3) is 0 Å². The molecular formula is C19H29NO4S. The number of carbonyl (C=O) groups excluding carboxylic acids is 1. The van der Waals surface area contributed by atoms with E-state index in [4.69, 9.17) is 4.74 Å². The van der Waals surface area contributed by atoms with Crippen LogP contribution in [0.15, 0.2) is 24.3 Å². The van der Waals surface area contributed by atoms with Gasteiger partial charge in [0.25, 0.3) is 0 Å². The number of hydrogen-bond acceptors (Lipinski definition) is 4. The molecule has 1 aromatic carbocycles. The van der Waals surface area contributed by atoms with Gasteiger partial charge in [-0.3, -0.25) is 4.79 Å². The Hall–Kier alpha value is -1.56. The molecule has 1 aliphatic heterocycles. The topological polar surface area (TPSA) is 63.7 Å². The number of amides is 1. The summed E-state index contributed by atoms with van der Waals surface area (Å²) in [5, 5.41) is 0. The largest absolute Gasteiger partial charge is 0.494 e. The average molecular weight is 368 g/mol. The molecular weight excluding hydrogens is 338 g/mol. The maximum Gasteiger partial charge on any atom is 0.222 e. The lowest BCUT2D eigenvalue weighted by atomic mass is 10.1. The molecule has 0 aliphatic carbocycles. The first-order valence-electron chi connectivity index (χ1n) is 9.10. The van der Waals surface area contributed by atoms with Crippen LogP contribution in [-0.4, -0.2) is 49.9 Å². The van der Waals surface area contributed by atoms with Gasteiger partial charge in [-0.2, -0.15) is 0 Å². The van der Waals surface area contributed by atoms with Crippen molar-refractivity contribution < 1.29 is 17.9 Å². The molecule has 1 fully saturated rings. The summed E-state index contributed by atoms with van der Waals surface area (Å²) in [6.45, 7) is 5.22. The Morgan fingerprint density at radius 2 is 2.12 bits per heavy atom. The first kappa shape index (κ1) is 19.8. The summed E-state index contributed by atoms with van der Waals surface area (Å²) < 4.78 is 29.1. The van der Waals surface area contributed by atoms with Crippen LogP contribution in [-0.2, 0) is 14.6 Å². The molecule has 1 aromatic rings. The zero-order chi connectivity index (χ0) is 18.3. The highest BCUT2D eigenvalue weighted by molar-refractivity contribution is 7.91. The van der Waals surface area contributed by atoms with E-state index in [9.17, 15) is 13.2 Å². The fourth-order valence-corrected chi connectivity index (χ4v) is 4.85. The second-order valence-electron chi connectivity index (χ2n) is 6.77. The molecule has 1 saturated heterocycles. The second kappa shape index (κ2) is 9.22. The monoisotopic (exact) mass is 367 g/mol. The molecule has 0 saturated carbocycles. The third kappa shape index (κ3) is 6.34. The molecule has 1 unspecified atom stereocenters. The zero-order valence-corrected chi connectivity index (χ0v) is 16.1. The van der Waals surface area contributed by atoms with Crippen molar-refractivity contribution in [2.75, 3.05) is 24.7 Å². The number of unbranched alkanes of at least 4 members (excludes halogenated alkanes) is 1. The van der Waals surface area contributed by atoms with E-state index in [0.717, 1.165) is 24.2 Å². The number of rotatable bonds is 9. The maximum absolute atomic E-state index is 12.6. The summed E-state index contributed by atoms with van der Waals surface area (Å²) in [5.41, 5.74) is 1.14. The van der Waals surface area contributed by atoms with E-state index in [-0.39, 0.29) is 23.5 Å². The quantitative estimate of drug-likeness (QED) is 0.630. The van der Waals surface area contributed by atoms with Crippen LogP contribution in [0.5, 0.6) is 5.75 Å². The SMILES string of the molecule is CCCCN(C(=O)CCCOc1cccc(C)c1)C1CCS(=O)(=O)C1. The van der Waals surface area contributed by atoms with E-state index in [0.29, 0.717) is 32.4 Å². The normalized spacial score (nSPS) is 18.9. The fraction of sp³-hybridized carbons (Fsp3) is 0.632. The lowest BCUT2D eigenvalue weighted by Gasteiger charge is -2.28. The van der Waals surface area contributed by atoms with Gasteiger partial charge in [-0.1, -0.05) is 25.5 Å². The Labute approximate surface area is 151 Å². The summed E-state index contributed by atoms with van der Waals surface area (Å²) >= 11 is 0. The van der Waals surface area contributed by atoms with Gasteiger partial charge in [0, 0.05) is 19.0 Å². The molecule has 140 valence electrons. The molecule has 1 aliphatic rings. The zero-order valence-electron chi connectivity index (χ0n) is 15.2. The predicted molar refractivity (Wildman–Crippen MR) is 99.6 cm³/mol. The summed E-state index contributed by atoms with van der Waals surface area (Å²) in [7, 11) is -2.98. The van der Waals surface area contributed by atoms with Gasteiger partial charge in [-0.15, -0.1) is 0 Å². The van der Waals surface area contributed by atoms with Gasteiger partial charge in [0.05, 0.1) is 18.1 Å². The van der Waals surface area contributed by atoms with Crippen LogP contribution >= 0.6 is 0 Å². The third-order valence-corrected chi connectivity index (χ3v) is 6.27. The number of hydrogen-bond donors (Lipinski definition) is 0. The van der Waals surface area contributed by atoms with Gasteiger partial charge in [0.2, 0.25) is 5.91 Å². The summed E-state index contributed by atoms with van der Waals surface area (Å²) in [6, 6.07) is 7.69. The van der Waals surface area contributed by atoms with Crippen LogP contribution < -0.4 is 4.74 Å². The van der Waals surface area contributed by atoms with Gasteiger partial charge in [0.1, 0.15) is 5.75 Å². The molecule has 1 amide bonds. The minimum absolute atomic E-state index is 0.0448. The molecule has 1 heterocycles. The van der Waals surface area contributed by atoms with E-state index >= 15 is 0 Å². The van der Waals surface area contributed by atoms with E-state index in [1.807, 2.05) is 31.2 Å². The van der Waals surface area contributed by atoms with Crippen molar-refractivity contribution in [3.8, 4) is 5.75 Å². The molecule has 25 heavy (non-hydrogen) atoms. The number of nitrogens with zero attached hydrogens (tertiary/aromatic N) is 1. The second-order valence-corrected chi connectivity index (χ2v) is 8.99. The van der Waals surface area contributed by atoms with Gasteiger partial charge in [-0.05, 0) is 43.9 Å². The molecule has 0 bridgehead atoms. The van der Waals surface area contributed by atoms with E-state index < -0.39 is 9.84 Å². The van der Waals surface area contributed by atoms with E-state index in [1.54, 1.807) is 4.90 Å². The highest BCUT2D eigenvalue weighted by Gasteiger charge is 2.34. The highest BCUT2D eigenvalue weighted by Crippen LogP contribution is 2.20. The Bertz CT molecular complexity index is 672. The van der Waals surface area contributed by atoms with Crippen LogP contribution in [0.1, 0.15) is 44.6 Å². The molecule has 0 aromatic heterocycles. The van der Waals surface area contributed by atoms with Gasteiger partial charge < -0.3 is 9.64 Å². The molecule has 2 rings (SSSR count). The van der Waals surface area contributed by atoms with Crippen LogP contribution in [0, 0.1) is 6.92 Å². The Kier molecular flexibility index (Phi) is 7.29. The number of aryl methyl sites for hydroxylation is 1. The number of ether oxygens (including phenoxy) is 1. The van der Waals surface area contributed by atoms with Crippen molar-refractivity contribution in [3.05, 3.63) is 29.8 Å². The van der Waals surface area contributed by atoms with Crippen molar-refractivity contribution >= 4 is 15.7 Å². The standard InChI is InChI=1S/C19H29NO4S/c1-3-4-11-20(17-10-13-25(22,23)15-17)19(21)9-6-12-24-18-8-5-7-16(2)14-18/h5,7-8,14,17H,3-4,6,9-13,15H2,1-2H3. The number of carbonyl (C=O) groups is 1. The lowest BCUT2D eigenvalue weighted by Crippen LogP contribution is -2.41.